The van der Waals surface area contributed by atoms with Crippen molar-refractivity contribution in [3.8, 4) is 9.88 Å². The van der Waals surface area contributed by atoms with Crippen molar-refractivity contribution < 1.29 is 9.53 Å². The van der Waals surface area contributed by atoms with E-state index in [0.717, 1.165) is 48.4 Å². The van der Waals surface area contributed by atoms with Crippen molar-refractivity contribution in [1.82, 2.24) is 9.88 Å². The van der Waals surface area contributed by atoms with Crippen LogP contribution >= 0.6 is 22.7 Å². The number of nitrogens with one attached hydrogen (secondary N) is 1. The van der Waals surface area contributed by atoms with Gasteiger partial charge in [-0.05, 0) is 29.1 Å². The number of aromatic nitrogens is 1. The van der Waals surface area contributed by atoms with Gasteiger partial charge in [0.1, 0.15) is 10.7 Å². The third-order valence-electron chi connectivity index (χ3n) is 4.19. The Hall–Kier alpha value is -2.06. The molecule has 1 aliphatic rings. The number of carbonyl (C=O) groups is 1. The minimum Gasteiger partial charge on any atom is -0.379 e. The number of rotatable bonds is 5. The largest absolute Gasteiger partial charge is 0.379 e. The van der Waals surface area contributed by atoms with Crippen LogP contribution < -0.4 is 5.32 Å². The maximum Gasteiger partial charge on any atom is 0.275 e. The van der Waals surface area contributed by atoms with Crippen LogP contribution in [-0.2, 0) is 11.3 Å². The van der Waals surface area contributed by atoms with E-state index in [1.165, 1.54) is 16.9 Å². The Morgan fingerprint density at radius 2 is 1.96 bits per heavy atom. The van der Waals surface area contributed by atoms with Crippen LogP contribution in [0.1, 0.15) is 16.1 Å². The summed E-state index contributed by atoms with van der Waals surface area (Å²) in [6, 6.07) is 12.0. The molecule has 3 aromatic rings. The molecule has 0 atom stereocenters. The normalized spacial score (nSPS) is 15.1. The van der Waals surface area contributed by atoms with Gasteiger partial charge in [-0.3, -0.25) is 9.69 Å². The molecule has 1 fully saturated rings. The van der Waals surface area contributed by atoms with E-state index in [1.807, 2.05) is 29.6 Å². The minimum absolute atomic E-state index is 0.176. The molecular weight excluding hydrogens is 366 g/mol. The average molecular weight is 386 g/mol. The van der Waals surface area contributed by atoms with Crippen LogP contribution in [0.25, 0.3) is 9.88 Å². The number of carbonyl (C=O) groups excluding carboxylic acids is 1. The van der Waals surface area contributed by atoms with Crippen molar-refractivity contribution in [2.45, 2.75) is 6.54 Å². The molecule has 1 N–H and O–H groups in total. The number of thiophene rings is 1. The van der Waals surface area contributed by atoms with Crippen LogP contribution in [-0.4, -0.2) is 42.1 Å². The van der Waals surface area contributed by atoms with Crippen molar-refractivity contribution in [3.05, 3.63) is 58.4 Å². The van der Waals surface area contributed by atoms with E-state index in [0.29, 0.717) is 5.69 Å². The lowest BCUT2D eigenvalue weighted by Crippen LogP contribution is -2.35. The van der Waals surface area contributed by atoms with Gasteiger partial charge in [-0.1, -0.05) is 18.2 Å². The molecule has 0 spiro atoms. The van der Waals surface area contributed by atoms with E-state index >= 15 is 0 Å². The summed E-state index contributed by atoms with van der Waals surface area (Å²) in [6.45, 7) is 4.45. The third-order valence-corrected chi connectivity index (χ3v) is 6.07. The number of hydrogen-bond donors (Lipinski definition) is 1. The number of anilines is 1. The Morgan fingerprint density at radius 1 is 1.15 bits per heavy atom. The highest BCUT2D eigenvalue weighted by molar-refractivity contribution is 7.20. The molecule has 1 amide bonds. The number of amides is 1. The second-order valence-electron chi connectivity index (χ2n) is 6.05. The fourth-order valence-electron chi connectivity index (χ4n) is 2.80. The molecule has 0 saturated carbocycles. The topological polar surface area (TPSA) is 54.5 Å². The number of nitrogens with zero attached hydrogens (tertiary/aromatic N) is 2. The zero-order chi connectivity index (χ0) is 17.8. The Morgan fingerprint density at radius 3 is 2.69 bits per heavy atom. The minimum atomic E-state index is -0.176. The van der Waals surface area contributed by atoms with Crippen molar-refractivity contribution in [1.29, 1.82) is 0 Å². The molecule has 4 rings (SSSR count). The lowest BCUT2D eigenvalue weighted by molar-refractivity contribution is 0.0342. The molecule has 3 heterocycles. The number of morpholine rings is 1. The van der Waals surface area contributed by atoms with Crippen molar-refractivity contribution in [2.24, 2.45) is 0 Å². The highest BCUT2D eigenvalue weighted by Crippen LogP contribution is 2.28. The van der Waals surface area contributed by atoms with Crippen LogP contribution in [0, 0.1) is 0 Å². The number of ether oxygens (including phenoxy) is 1. The quantitative estimate of drug-likeness (QED) is 0.722. The third kappa shape index (κ3) is 4.19. The molecule has 0 unspecified atom stereocenters. The molecule has 1 aliphatic heterocycles. The second-order valence-corrected chi connectivity index (χ2v) is 7.86. The number of thiazole rings is 1. The van der Waals surface area contributed by atoms with Crippen LogP contribution in [0.2, 0.25) is 0 Å². The molecule has 5 nitrogen and oxygen atoms in total. The van der Waals surface area contributed by atoms with Crippen molar-refractivity contribution in [2.75, 3.05) is 31.6 Å². The molecule has 0 radical (unpaired) electrons. The summed E-state index contributed by atoms with van der Waals surface area (Å²) in [5.74, 6) is -0.176. The van der Waals surface area contributed by atoms with E-state index in [9.17, 15) is 4.79 Å². The van der Waals surface area contributed by atoms with Gasteiger partial charge in [-0.25, -0.2) is 4.98 Å². The van der Waals surface area contributed by atoms with Crippen LogP contribution in [0.4, 0.5) is 5.69 Å². The number of benzene rings is 1. The molecule has 0 bridgehead atoms. The maximum absolute atomic E-state index is 12.4. The molecule has 2 aromatic heterocycles. The standard InChI is InChI=1S/C19H19N3O2S2/c23-18(16-13-26-19(21-16)17-2-1-11-25-17)20-15-5-3-14(4-6-15)12-22-7-9-24-10-8-22/h1-6,11,13H,7-10,12H2,(H,20,23). The zero-order valence-corrected chi connectivity index (χ0v) is 15.8. The fraction of sp³-hybridized carbons (Fsp3) is 0.263. The summed E-state index contributed by atoms with van der Waals surface area (Å²) >= 11 is 3.12. The van der Waals surface area contributed by atoms with E-state index in [2.05, 4.69) is 27.3 Å². The van der Waals surface area contributed by atoms with Gasteiger partial charge >= 0.3 is 0 Å². The first-order chi connectivity index (χ1) is 12.8. The summed E-state index contributed by atoms with van der Waals surface area (Å²) in [4.78, 5) is 20.3. The second kappa shape index (κ2) is 8.09. The predicted octanol–water partition coefficient (Wildman–Crippen LogP) is 3.96. The SMILES string of the molecule is O=C(Nc1ccc(CN2CCOCC2)cc1)c1csc(-c2cccs2)n1. The molecule has 26 heavy (non-hydrogen) atoms. The number of hydrogen-bond acceptors (Lipinski definition) is 6. The molecule has 7 heteroatoms. The van der Waals surface area contributed by atoms with E-state index in [-0.39, 0.29) is 5.91 Å². The Kier molecular flexibility index (Phi) is 5.40. The van der Waals surface area contributed by atoms with E-state index in [4.69, 9.17) is 4.74 Å². The lowest BCUT2D eigenvalue weighted by atomic mass is 10.2. The van der Waals surface area contributed by atoms with Gasteiger partial charge in [0.2, 0.25) is 0 Å². The first-order valence-corrected chi connectivity index (χ1v) is 10.2. The highest BCUT2D eigenvalue weighted by atomic mass is 32.1. The van der Waals surface area contributed by atoms with Gasteiger partial charge in [-0.15, -0.1) is 22.7 Å². The summed E-state index contributed by atoms with van der Waals surface area (Å²) < 4.78 is 5.37. The average Bonchev–Trinajstić information content (AvgIpc) is 3.36. The first kappa shape index (κ1) is 17.4. The molecule has 0 aliphatic carbocycles. The molecule has 134 valence electrons. The monoisotopic (exact) mass is 385 g/mol. The fourth-order valence-corrected chi connectivity index (χ4v) is 4.41. The Labute approximate surface area is 160 Å². The van der Waals surface area contributed by atoms with Gasteiger partial charge < -0.3 is 10.1 Å². The van der Waals surface area contributed by atoms with Crippen molar-refractivity contribution >= 4 is 34.3 Å². The van der Waals surface area contributed by atoms with Gasteiger partial charge in [-0.2, -0.15) is 0 Å². The maximum atomic E-state index is 12.4. The summed E-state index contributed by atoms with van der Waals surface area (Å²) in [7, 11) is 0. The Balaban J connectivity index is 1.37. The van der Waals surface area contributed by atoms with Gasteiger partial charge in [0.25, 0.3) is 5.91 Å². The lowest BCUT2D eigenvalue weighted by Gasteiger charge is -2.26. The van der Waals surface area contributed by atoms with Gasteiger partial charge in [0, 0.05) is 30.7 Å². The predicted molar refractivity (Wildman–Crippen MR) is 106 cm³/mol. The zero-order valence-electron chi connectivity index (χ0n) is 14.2. The summed E-state index contributed by atoms with van der Waals surface area (Å²) in [5, 5.41) is 7.61. The smallest absolute Gasteiger partial charge is 0.275 e. The van der Waals surface area contributed by atoms with Gasteiger partial charge in [0.05, 0.1) is 18.1 Å². The van der Waals surface area contributed by atoms with E-state index in [1.54, 1.807) is 16.7 Å². The Bertz CT molecular complexity index is 853. The van der Waals surface area contributed by atoms with Crippen LogP contribution in [0.3, 0.4) is 0 Å². The van der Waals surface area contributed by atoms with E-state index < -0.39 is 0 Å². The molecule has 1 saturated heterocycles. The summed E-state index contributed by atoms with van der Waals surface area (Å²) in [6.07, 6.45) is 0. The van der Waals surface area contributed by atoms with Crippen LogP contribution in [0.5, 0.6) is 0 Å². The summed E-state index contributed by atoms with van der Waals surface area (Å²) in [5.41, 5.74) is 2.47. The van der Waals surface area contributed by atoms with Gasteiger partial charge in [0.15, 0.2) is 0 Å². The van der Waals surface area contributed by atoms with Crippen molar-refractivity contribution in [3.63, 3.8) is 0 Å². The highest BCUT2D eigenvalue weighted by Gasteiger charge is 2.13. The van der Waals surface area contributed by atoms with Crippen LogP contribution in [0.15, 0.2) is 47.2 Å². The first-order valence-electron chi connectivity index (χ1n) is 8.48. The molecular formula is C19H19N3O2S2. The molecule has 1 aromatic carbocycles.